The van der Waals surface area contributed by atoms with Crippen LogP contribution in [0.4, 0.5) is 8.78 Å². The van der Waals surface area contributed by atoms with E-state index in [4.69, 9.17) is 16.3 Å². The number of amides is 1. The quantitative estimate of drug-likeness (QED) is 0.791. The molecule has 1 aliphatic rings. The van der Waals surface area contributed by atoms with Crippen molar-refractivity contribution in [3.63, 3.8) is 0 Å². The minimum Gasteiger partial charge on any atom is -0.376 e. The number of halogens is 3. The maximum atomic E-state index is 14.6. The summed E-state index contributed by atoms with van der Waals surface area (Å²) in [5.74, 6) is -0.963. The van der Waals surface area contributed by atoms with Crippen molar-refractivity contribution in [1.82, 2.24) is 10.2 Å². The fourth-order valence-corrected chi connectivity index (χ4v) is 3.72. The zero-order valence-corrected chi connectivity index (χ0v) is 16.4. The van der Waals surface area contributed by atoms with Gasteiger partial charge in [-0.15, -0.1) is 0 Å². The lowest BCUT2D eigenvalue weighted by Crippen LogP contribution is -2.47. The van der Waals surface area contributed by atoms with Crippen molar-refractivity contribution >= 4 is 17.5 Å². The summed E-state index contributed by atoms with van der Waals surface area (Å²) < 4.78 is 33.2. The van der Waals surface area contributed by atoms with Gasteiger partial charge in [0.25, 0.3) is 0 Å². The molecule has 3 rings (SSSR count). The van der Waals surface area contributed by atoms with Crippen LogP contribution >= 0.6 is 11.6 Å². The SMILES string of the molecule is C[C@@H]1CN([C@H](CNC(=O)Cc2ccc(F)cc2)c2c(F)cccc2Cl)CCO1. The van der Waals surface area contributed by atoms with E-state index < -0.39 is 11.9 Å². The molecule has 1 aliphatic heterocycles. The number of rotatable bonds is 6. The van der Waals surface area contributed by atoms with Crippen LogP contribution in [-0.4, -0.2) is 43.2 Å². The first-order chi connectivity index (χ1) is 13.4. The van der Waals surface area contributed by atoms with Crippen molar-refractivity contribution in [2.75, 3.05) is 26.2 Å². The van der Waals surface area contributed by atoms with Crippen LogP contribution in [0.25, 0.3) is 0 Å². The average Bonchev–Trinajstić information content (AvgIpc) is 2.66. The van der Waals surface area contributed by atoms with Gasteiger partial charge in [-0.1, -0.05) is 29.8 Å². The van der Waals surface area contributed by atoms with Crippen LogP contribution in [0.3, 0.4) is 0 Å². The fraction of sp³-hybridized carbons (Fsp3) is 0.381. The van der Waals surface area contributed by atoms with Crippen molar-refractivity contribution in [3.05, 3.63) is 70.2 Å². The Kier molecular flexibility index (Phi) is 6.99. The first kappa shape index (κ1) is 20.7. The minimum atomic E-state index is -0.405. The maximum absolute atomic E-state index is 14.6. The molecule has 1 saturated heterocycles. The first-order valence-corrected chi connectivity index (χ1v) is 9.62. The van der Waals surface area contributed by atoms with Gasteiger partial charge < -0.3 is 10.1 Å². The van der Waals surface area contributed by atoms with E-state index >= 15 is 0 Å². The largest absolute Gasteiger partial charge is 0.376 e. The van der Waals surface area contributed by atoms with E-state index in [0.29, 0.717) is 35.8 Å². The van der Waals surface area contributed by atoms with Crippen molar-refractivity contribution in [2.45, 2.75) is 25.5 Å². The lowest BCUT2D eigenvalue weighted by Gasteiger charge is -2.38. The summed E-state index contributed by atoms with van der Waals surface area (Å²) in [5.41, 5.74) is 1.08. The van der Waals surface area contributed by atoms with Gasteiger partial charge in [-0.25, -0.2) is 8.78 Å². The van der Waals surface area contributed by atoms with E-state index in [2.05, 4.69) is 10.2 Å². The summed E-state index contributed by atoms with van der Waals surface area (Å²) in [6, 6.07) is 9.97. The Labute approximate surface area is 168 Å². The van der Waals surface area contributed by atoms with Crippen molar-refractivity contribution in [3.8, 4) is 0 Å². The predicted molar refractivity (Wildman–Crippen MR) is 104 cm³/mol. The van der Waals surface area contributed by atoms with Crippen molar-refractivity contribution in [2.24, 2.45) is 0 Å². The van der Waals surface area contributed by atoms with Gasteiger partial charge in [-0.2, -0.15) is 0 Å². The molecule has 1 amide bonds. The molecule has 0 radical (unpaired) electrons. The van der Waals surface area contributed by atoms with Gasteiger partial charge in [-0.05, 0) is 36.8 Å². The van der Waals surface area contributed by atoms with Gasteiger partial charge in [0, 0.05) is 30.2 Å². The molecule has 4 nitrogen and oxygen atoms in total. The van der Waals surface area contributed by atoms with E-state index in [1.54, 1.807) is 24.3 Å². The minimum absolute atomic E-state index is 0.0108. The lowest BCUT2D eigenvalue weighted by molar-refractivity contribution is -0.120. The smallest absolute Gasteiger partial charge is 0.224 e. The number of carbonyl (C=O) groups is 1. The van der Waals surface area contributed by atoms with Crippen LogP contribution in [-0.2, 0) is 16.0 Å². The molecule has 1 N–H and O–H groups in total. The van der Waals surface area contributed by atoms with Crippen LogP contribution in [0, 0.1) is 11.6 Å². The Hall–Kier alpha value is -2.02. The molecule has 1 fully saturated rings. The summed E-state index contributed by atoms with van der Waals surface area (Å²) in [7, 11) is 0. The van der Waals surface area contributed by atoms with Gasteiger partial charge in [0.15, 0.2) is 0 Å². The number of hydrogen-bond acceptors (Lipinski definition) is 3. The van der Waals surface area contributed by atoms with Crippen LogP contribution in [0.1, 0.15) is 24.1 Å². The normalized spacial score (nSPS) is 18.6. The fourth-order valence-electron chi connectivity index (χ4n) is 3.43. The van der Waals surface area contributed by atoms with E-state index in [1.807, 2.05) is 6.92 Å². The van der Waals surface area contributed by atoms with Gasteiger partial charge in [0.1, 0.15) is 11.6 Å². The van der Waals surface area contributed by atoms with Crippen molar-refractivity contribution < 1.29 is 18.3 Å². The summed E-state index contributed by atoms with van der Waals surface area (Å²) in [4.78, 5) is 14.5. The number of morpholine rings is 1. The zero-order chi connectivity index (χ0) is 20.1. The van der Waals surface area contributed by atoms with E-state index in [9.17, 15) is 13.6 Å². The van der Waals surface area contributed by atoms with E-state index in [-0.39, 0.29) is 30.8 Å². The third-order valence-electron chi connectivity index (χ3n) is 4.82. The third kappa shape index (κ3) is 5.28. The molecule has 0 aliphatic carbocycles. The highest BCUT2D eigenvalue weighted by Crippen LogP contribution is 2.31. The summed E-state index contributed by atoms with van der Waals surface area (Å²) >= 11 is 6.29. The van der Waals surface area contributed by atoms with Gasteiger partial charge in [0.05, 0.1) is 25.2 Å². The second kappa shape index (κ2) is 9.45. The molecule has 2 aromatic carbocycles. The Morgan fingerprint density at radius 3 is 2.71 bits per heavy atom. The molecule has 150 valence electrons. The second-order valence-corrected chi connectivity index (χ2v) is 7.34. The van der Waals surface area contributed by atoms with E-state index in [0.717, 1.165) is 0 Å². The first-order valence-electron chi connectivity index (χ1n) is 9.24. The van der Waals surface area contributed by atoms with E-state index in [1.165, 1.54) is 18.2 Å². The molecule has 7 heteroatoms. The van der Waals surface area contributed by atoms with Crippen LogP contribution < -0.4 is 5.32 Å². The molecule has 0 aromatic heterocycles. The average molecular weight is 409 g/mol. The lowest BCUT2D eigenvalue weighted by atomic mass is 10.0. The maximum Gasteiger partial charge on any atom is 0.224 e. The Morgan fingerprint density at radius 1 is 1.29 bits per heavy atom. The Bertz CT molecular complexity index is 796. The highest BCUT2D eigenvalue weighted by atomic mass is 35.5. The summed E-state index contributed by atoms with van der Waals surface area (Å²) in [6.07, 6.45) is 0.133. The van der Waals surface area contributed by atoms with Crippen LogP contribution in [0.5, 0.6) is 0 Å². The number of nitrogens with zero attached hydrogens (tertiary/aromatic N) is 1. The zero-order valence-electron chi connectivity index (χ0n) is 15.6. The molecule has 0 unspecified atom stereocenters. The highest BCUT2D eigenvalue weighted by molar-refractivity contribution is 6.31. The Morgan fingerprint density at radius 2 is 2.04 bits per heavy atom. The number of nitrogens with one attached hydrogen (secondary N) is 1. The molecular weight excluding hydrogens is 386 g/mol. The van der Waals surface area contributed by atoms with Gasteiger partial charge in [-0.3, -0.25) is 9.69 Å². The molecule has 0 bridgehead atoms. The third-order valence-corrected chi connectivity index (χ3v) is 5.15. The van der Waals surface area contributed by atoms with Crippen LogP contribution in [0.15, 0.2) is 42.5 Å². The van der Waals surface area contributed by atoms with Crippen molar-refractivity contribution in [1.29, 1.82) is 0 Å². The van der Waals surface area contributed by atoms with Gasteiger partial charge >= 0.3 is 0 Å². The molecule has 2 atom stereocenters. The van der Waals surface area contributed by atoms with Gasteiger partial charge in [0.2, 0.25) is 5.91 Å². The molecule has 1 heterocycles. The molecule has 28 heavy (non-hydrogen) atoms. The molecular formula is C21H23ClF2N2O2. The van der Waals surface area contributed by atoms with Crippen LogP contribution in [0.2, 0.25) is 5.02 Å². The number of hydrogen-bond donors (Lipinski definition) is 1. The summed E-state index contributed by atoms with van der Waals surface area (Å²) in [6.45, 7) is 3.94. The number of benzene rings is 2. The standard InChI is InChI=1S/C21H23ClF2N2O2/c1-14-13-26(9-10-28-14)19(21-17(22)3-2-4-18(21)24)12-25-20(27)11-15-5-7-16(23)8-6-15/h2-8,14,19H,9-13H2,1H3,(H,25,27)/t14-,19-/m1/s1. The predicted octanol–water partition coefficient (Wildman–Crippen LogP) is 3.74. The second-order valence-electron chi connectivity index (χ2n) is 6.93. The highest BCUT2D eigenvalue weighted by Gasteiger charge is 2.29. The number of ether oxygens (including phenoxy) is 1. The summed E-state index contributed by atoms with van der Waals surface area (Å²) in [5, 5.41) is 3.20. The number of carbonyl (C=O) groups excluding carboxylic acids is 1. The molecule has 0 spiro atoms. The molecule has 0 saturated carbocycles. The Balaban J connectivity index is 1.73. The topological polar surface area (TPSA) is 41.6 Å². The monoisotopic (exact) mass is 408 g/mol. The molecule has 2 aromatic rings.